The van der Waals surface area contributed by atoms with Gasteiger partial charge >= 0.3 is 5.97 Å². The molecule has 0 spiro atoms. The maximum Gasteiger partial charge on any atom is 0.325 e. The molecule has 0 aliphatic heterocycles. The van der Waals surface area contributed by atoms with Crippen LogP contribution in [-0.4, -0.2) is 28.5 Å². The molecule has 28 heavy (non-hydrogen) atoms. The number of nitro benzene ring substituents is 1. The van der Waals surface area contributed by atoms with Gasteiger partial charge in [0.15, 0.2) is 4.80 Å². The topological polar surface area (TPSA) is 104 Å². The monoisotopic (exact) mass is 419 g/mol. The SMILES string of the molecule is COC(=O)Cn1c(=NC(=O)c2cccc([N+](=O)[O-])c2)sc2ccc(Cl)c(C)c21. The maximum atomic E-state index is 12.6. The first kappa shape index (κ1) is 19.7. The van der Waals surface area contributed by atoms with Crippen molar-refractivity contribution >= 4 is 50.7 Å². The van der Waals surface area contributed by atoms with Gasteiger partial charge in [-0.25, -0.2) is 0 Å². The van der Waals surface area contributed by atoms with Crippen LogP contribution in [0.1, 0.15) is 15.9 Å². The second-order valence-corrected chi connectivity index (χ2v) is 7.21. The smallest absolute Gasteiger partial charge is 0.325 e. The Morgan fingerprint density at radius 1 is 1.32 bits per heavy atom. The quantitative estimate of drug-likeness (QED) is 0.366. The zero-order valence-electron chi connectivity index (χ0n) is 14.8. The summed E-state index contributed by atoms with van der Waals surface area (Å²) in [5, 5.41) is 11.4. The first-order valence-electron chi connectivity index (χ1n) is 8.00. The van der Waals surface area contributed by atoms with Crippen molar-refractivity contribution in [2.75, 3.05) is 7.11 Å². The number of non-ortho nitro benzene ring substituents is 1. The third-order valence-corrected chi connectivity index (χ3v) is 5.50. The van der Waals surface area contributed by atoms with Crippen LogP contribution in [0.2, 0.25) is 5.02 Å². The van der Waals surface area contributed by atoms with Crippen molar-refractivity contribution in [3.8, 4) is 0 Å². The summed E-state index contributed by atoms with van der Waals surface area (Å²) in [6.07, 6.45) is 0. The highest BCUT2D eigenvalue weighted by Gasteiger charge is 2.16. The molecule has 8 nitrogen and oxygen atoms in total. The van der Waals surface area contributed by atoms with E-state index in [9.17, 15) is 19.7 Å². The van der Waals surface area contributed by atoms with Crippen LogP contribution in [0.4, 0.5) is 5.69 Å². The van der Waals surface area contributed by atoms with Crippen LogP contribution in [0.15, 0.2) is 41.4 Å². The summed E-state index contributed by atoms with van der Waals surface area (Å²) in [6, 6.07) is 8.81. The van der Waals surface area contributed by atoms with E-state index in [1.54, 1.807) is 23.6 Å². The third kappa shape index (κ3) is 3.80. The predicted molar refractivity (Wildman–Crippen MR) is 105 cm³/mol. The Balaban J connectivity index is 2.18. The van der Waals surface area contributed by atoms with Gasteiger partial charge in [-0.15, -0.1) is 0 Å². The summed E-state index contributed by atoms with van der Waals surface area (Å²) in [6.45, 7) is 1.65. The van der Waals surface area contributed by atoms with Crippen LogP contribution in [0, 0.1) is 17.0 Å². The molecule has 0 radical (unpaired) electrons. The lowest BCUT2D eigenvalue weighted by Crippen LogP contribution is -2.22. The van der Waals surface area contributed by atoms with Crippen molar-refractivity contribution in [2.24, 2.45) is 4.99 Å². The molecule has 2 aromatic carbocycles. The van der Waals surface area contributed by atoms with E-state index in [1.165, 1.54) is 36.6 Å². The fourth-order valence-corrected chi connectivity index (χ4v) is 3.88. The molecule has 0 N–H and O–H groups in total. The van der Waals surface area contributed by atoms with Crippen LogP contribution in [0.3, 0.4) is 0 Å². The van der Waals surface area contributed by atoms with E-state index in [0.29, 0.717) is 10.5 Å². The van der Waals surface area contributed by atoms with Crippen LogP contribution >= 0.6 is 22.9 Å². The highest BCUT2D eigenvalue weighted by atomic mass is 35.5. The molecule has 0 aliphatic carbocycles. The molecule has 0 unspecified atom stereocenters. The van der Waals surface area contributed by atoms with Gasteiger partial charge in [0.2, 0.25) is 0 Å². The molecule has 1 amide bonds. The van der Waals surface area contributed by atoms with E-state index in [2.05, 4.69) is 4.99 Å². The molecule has 0 atom stereocenters. The lowest BCUT2D eigenvalue weighted by atomic mass is 10.2. The number of carbonyl (C=O) groups is 2. The van der Waals surface area contributed by atoms with E-state index < -0.39 is 16.8 Å². The lowest BCUT2D eigenvalue weighted by Gasteiger charge is -2.07. The van der Waals surface area contributed by atoms with E-state index in [1.807, 2.05) is 0 Å². The van der Waals surface area contributed by atoms with Crippen LogP contribution in [-0.2, 0) is 16.1 Å². The average molecular weight is 420 g/mol. The number of aromatic nitrogens is 1. The predicted octanol–water partition coefficient (Wildman–Crippen LogP) is 3.49. The van der Waals surface area contributed by atoms with Gasteiger partial charge in [0.25, 0.3) is 11.6 Å². The number of thiazole rings is 1. The number of carbonyl (C=O) groups excluding carboxylic acids is 2. The molecule has 0 fully saturated rings. The van der Waals surface area contributed by atoms with Gasteiger partial charge in [0.05, 0.1) is 22.2 Å². The van der Waals surface area contributed by atoms with Gasteiger partial charge in [-0.1, -0.05) is 29.0 Å². The van der Waals surface area contributed by atoms with Crippen molar-refractivity contribution in [2.45, 2.75) is 13.5 Å². The molecule has 3 rings (SSSR count). The summed E-state index contributed by atoms with van der Waals surface area (Å²) >= 11 is 7.41. The van der Waals surface area contributed by atoms with Crippen LogP contribution in [0.25, 0.3) is 10.2 Å². The number of hydrogen-bond acceptors (Lipinski definition) is 6. The second kappa shape index (κ2) is 7.91. The summed E-state index contributed by atoms with van der Waals surface area (Å²) in [5.41, 5.74) is 1.28. The van der Waals surface area contributed by atoms with E-state index in [0.717, 1.165) is 16.3 Å². The standard InChI is InChI=1S/C18H14ClN3O5S/c1-10-13(19)6-7-14-16(10)21(9-15(23)27-2)18(28-14)20-17(24)11-4-3-5-12(8-11)22(25)26/h3-8H,9H2,1-2H3. The van der Waals surface area contributed by atoms with Gasteiger partial charge in [-0.05, 0) is 30.7 Å². The number of nitrogens with zero attached hydrogens (tertiary/aromatic N) is 3. The van der Waals surface area contributed by atoms with Crippen LogP contribution in [0.5, 0.6) is 0 Å². The van der Waals surface area contributed by atoms with E-state index in [-0.39, 0.29) is 22.6 Å². The number of halogens is 1. The Labute approximate surface area is 167 Å². The lowest BCUT2D eigenvalue weighted by molar-refractivity contribution is -0.384. The summed E-state index contributed by atoms with van der Waals surface area (Å²) in [5.74, 6) is -1.17. The molecular weight excluding hydrogens is 406 g/mol. The highest BCUT2D eigenvalue weighted by Crippen LogP contribution is 2.27. The van der Waals surface area contributed by atoms with E-state index >= 15 is 0 Å². The maximum absolute atomic E-state index is 12.6. The second-order valence-electron chi connectivity index (χ2n) is 5.79. The number of rotatable bonds is 4. The Bertz CT molecular complexity index is 1180. The molecule has 1 aromatic heterocycles. The number of methoxy groups -OCH3 is 1. The van der Waals surface area contributed by atoms with Crippen molar-refractivity contribution in [3.63, 3.8) is 0 Å². The highest BCUT2D eigenvalue weighted by molar-refractivity contribution is 7.16. The van der Waals surface area contributed by atoms with Gasteiger partial charge in [-0.3, -0.25) is 19.7 Å². The average Bonchev–Trinajstić information content (AvgIpc) is 3.02. The Morgan fingerprint density at radius 2 is 2.07 bits per heavy atom. The number of ether oxygens (including phenoxy) is 1. The number of amides is 1. The van der Waals surface area contributed by atoms with E-state index in [4.69, 9.17) is 16.3 Å². The number of fused-ring (bicyclic) bond motifs is 1. The summed E-state index contributed by atoms with van der Waals surface area (Å²) in [4.78, 5) is 39.2. The van der Waals surface area contributed by atoms with Gasteiger partial charge in [0.1, 0.15) is 6.54 Å². The largest absolute Gasteiger partial charge is 0.468 e. The molecule has 0 saturated heterocycles. The summed E-state index contributed by atoms with van der Waals surface area (Å²) in [7, 11) is 1.27. The number of nitro groups is 1. The minimum Gasteiger partial charge on any atom is -0.468 e. The molecule has 0 bridgehead atoms. The molecule has 10 heteroatoms. The third-order valence-electron chi connectivity index (χ3n) is 4.05. The zero-order chi connectivity index (χ0) is 20.4. The van der Waals surface area contributed by atoms with Crippen molar-refractivity contribution < 1.29 is 19.2 Å². The van der Waals surface area contributed by atoms with Gasteiger partial charge in [-0.2, -0.15) is 4.99 Å². The number of benzene rings is 2. The van der Waals surface area contributed by atoms with Gasteiger partial charge in [0, 0.05) is 22.7 Å². The fourth-order valence-electron chi connectivity index (χ4n) is 2.65. The molecule has 1 heterocycles. The van der Waals surface area contributed by atoms with Crippen molar-refractivity contribution in [1.82, 2.24) is 4.57 Å². The minimum absolute atomic E-state index is 0.0750. The normalized spacial score (nSPS) is 11.6. The molecule has 3 aromatic rings. The molecule has 0 aliphatic rings. The van der Waals surface area contributed by atoms with Gasteiger partial charge < -0.3 is 9.30 Å². The fraction of sp³-hybridized carbons (Fsp3) is 0.167. The summed E-state index contributed by atoms with van der Waals surface area (Å²) < 4.78 is 7.09. The number of aryl methyl sites for hydroxylation is 1. The molecule has 144 valence electrons. The Hall–Kier alpha value is -3.04. The Kier molecular flexibility index (Phi) is 5.57. The van der Waals surface area contributed by atoms with Crippen molar-refractivity contribution in [1.29, 1.82) is 0 Å². The Morgan fingerprint density at radius 3 is 2.75 bits per heavy atom. The number of hydrogen-bond donors (Lipinski definition) is 0. The van der Waals surface area contributed by atoms with Crippen LogP contribution < -0.4 is 4.80 Å². The zero-order valence-corrected chi connectivity index (χ0v) is 16.4. The number of esters is 1. The molecule has 0 saturated carbocycles. The minimum atomic E-state index is -0.655. The molecular formula is C18H14ClN3O5S. The first-order chi connectivity index (χ1) is 13.3. The van der Waals surface area contributed by atoms with Crippen molar-refractivity contribution in [3.05, 3.63) is 67.5 Å². The first-order valence-corrected chi connectivity index (χ1v) is 9.20.